The van der Waals surface area contributed by atoms with Crippen LogP contribution in [0, 0.1) is 22.7 Å². The zero-order valence-corrected chi connectivity index (χ0v) is 16.1. The molecule has 0 aromatic heterocycles. The molecule has 0 fully saturated rings. The Morgan fingerprint density at radius 2 is 1.71 bits per heavy atom. The standard InChI is InChI=1S/C21H16N4O2S/c1-26-16-8-7-12(9-17(16)27-2)19-13(10-22)20(24)25-15-5-3-4-6-18(15)28-21(25)14(19)11-23/h3-9,19H,24H2,1-2H3/t19-/m0/s1. The number of ether oxygens (including phenoxy) is 2. The normalized spacial score (nSPS) is 17.6. The molecule has 0 aliphatic carbocycles. The molecule has 0 radical (unpaired) electrons. The number of rotatable bonds is 3. The van der Waals surface area contributed by atoms with E-state index in [9.17, 15) is 10.5 Å². The van der Waals surface area contributed by atoms with Gasteiger partial charge in [0.25, 0.3) is 0 Å². The highest BCUT2D eigenvalue weighted by Crippen LogP contribution is 2.54. The fourth-order valence-electron chi connectivity index (χ4n) is 3.54. The Morgan fingerprint density at radius 1 is 1.00 bits per heavy atom. The average molecular weight is 388 g/mol. The van der Waals surface area contributed by atoms with Crippen molar-refractivity contribution >= 4 is 17.4 Å². The number of nitrogens with two attached hydrogens (primary N) is 1. The first-order chi connectivity index (χ1) is 13.6. The third-order valence-electron chi connectivity index (χ3n) is 4.82. The van der Waals surface area contributed by atoms with Gasteiger partial charge in [-0.05, 0) is 29.8 Å². The van der Waals surface area contributed by atoms with E-state index in [2.05, 4.69) is 12.1 Å². The molecule has 1 atom stereocenters. The Bertz CT molecular complexity index is 1120. The summed E-state index contributed by atoms with van der Waals surface area (Å²) < 4.78 is 10.7. The van der Waals surface area contributed by atoms with Crippen LogP contribution >= 0.6 is 11.8 Å². The molecule has 0 amide bonds. The van der Waals surface area contributed by atoms with E-state index >= 15 is 0 Å². The maximum absolute atomic E-state index is 10.00. The predicted octanol–water partition coefficient (Wildman–Crippen LogP) is 3.84. The fourth-order valence-corrected chi connectivity index (χ4v) is 4.72. The van der Waals surface area contributed by atoms with Gasteiger partial charge in [0.2, 0.25) is 0 Å². The van der Waals surface area contributed by atoms with Gasteiger partial charge in [0.1, 0.15) is 10.9 Å². The Balaban J connectivity index is 1.94. The van der Waals surface area contributed by atoms with Crippen molar-refractivity contribution in [3.63, 3.8) is 0 Å². The quantitative estimate of drug-likeness (QED) is 0.853. The van der Waals surface area contributed by atoms with E-state index in [-0.39, 0.29) is 0 Å². The van der Waals surface area contributed by atoms with Gasteiger partial charge in [0.15, 0.2) is 11.5 Å². The van der Waals surface area contributed by atoms with Gasteiger partial charge in [0.05, 0.1) is 49.1 Å². The SMILES string of the molecule is COc1ccc([C@H]2C(C#N)=C(N)N3C(=C2C#N)Sc2ccccc23)cc1OC. The molecule has 0 spiro atoms. The average Bonchev–Trinajstić information content (AvgIpc) is 3.12. The van der Waals surface area contributed by atoms with Crippen LogP contribution in [0.5, 0.6) is 11.5 Å². The lowest BCUT2D eigenvalue weighted by molar-refractivity contribution is 0.354. The zero-order chi connectivity index (χ0) is 19.8. The van der Waals surface area contributed by atoms with Crippen molar-refractivity contribution in [2.75, 3.05) is 19.1 Å². The summed E-state index contributed by atoms with van der Waals surface area (Å²) in [5, 5.41) is 20.6. The van der Waals surface area contributed by atoms with Crippen molar-refractivity contribution in [2.24, 2.45) is 5.73 Å². The smallest absolute Gasteiger partial charge is 0.161 e. The molecule has 2 aliphatic rings. The van der Waals surface area contributed by atoms with Crippen molar-refractivity contribution in [1.82, 2.24) is 0 Å². The van der Waals surface area contributed by atoms with E-state index in [0.717, 1.165) is 21.2 Å². The van der Waals surface area contributed by atoms with Gasteiger partial charge in [-0.3, -0.25) is 4.90 Å². The number of hydrogen-bond donors (Lipinski definition) is 1. The van der Waals surface area contributed by atoms with Crippen LogP contribution in [0.1, 0.15) is 11.5 Å². The minimum Gasteiger partial charge on any atom is -0.493 e. The largest absolute Gasteiger partial charge is 0.493 e. The van der Waals surface area contributed by atoms with E-state index in [4.69, 9.17) is 15.2 Å². The van der Waals surface area contributed by atoms with Crippen LogP contribution in [0.15, 0.2) is 69.4 Å². The number of nitriles is 2. The molecule has 2 heterocycles. The van der Waals surface area contributed by atoms with Gasteiger partial charge >= 0.3 is 0 Å². The van der Waals surface area contributed by atoms with E-state index < -0.39 is 5.92 Å². The second-order valence-electron chi connectivity index (χ2n) is 6.19. The van der Waals surface area contributed by atoms with Crippen LogP contribution in [0.2, 0.25) is 0 Å². The van der Waals surface area contributed by atoms with Crippen molar-refractivity contribution in [3.8, 4) is 23.6 Å². The van der Waals surface area contributed by atoms with Crippen LogP contribution in [-0.4, -0.2) is 14.2 Å². The highest BCUT2D eigenvalue weighted by atomic mass is 32.2. The summed E-state index contributed by atoms with van der Waals surface area (Å²) in [5.74, 6) is 0.882. The van der Waals surface area contributed by atoms with Gasteiger partial charge in [-0.2, -0.15) is 10.5 Å². The Labute approximate surface area is 167 Å². The van der Waals surface area contributed by atoms with Crippen molar-refractivity contribution in [1.29, 1.82) is 10.5 Å². The molecule has 6 nitrogen and oxygen atoms in total. The van der Waals surface area contributed by atoms with E-state index in [0.29, 0.717) is 28.5 Å². The number of hydrogen-bond acceptors (Lipinski definition) is 7. The highest BCUT2D eigenvalue weighted by Gasteiger charge is 2.40. The molecule has 4 rings (SSSR count). The topological polar surface area (TPSA) is 95.3 Å². The minimum atomic E-state index is -0.567. The summed E-state index contributed by atoms with van der Waals surface area (Å²) in [7, 11) is 3.11. The van der Waals surface area contributed by atoms with Gasteiger partial charge in [-0.1, -0.05) is 30.0 Å². The first kappa shape index (κ1) is 17.8. The summed E-state index contributed by atoms with van der Waals surface area (Å²) >= 11 is 1.49. The monoisotopic (exact) mass is 388 g/mol. The van der Waals surface area contributed by atoms with E-state index in [1.54, 1.807) is 31.3 Å². The van der Waals surface area contributed by atoms with Crippen LogP contribution in [0.3, 0.4) is 0 Å². The van der Waals surface area contributed by atoms with Crippen LogP contribution in [0.25, 0.3) is 0 Å². The molecule has 2 aliphatic heterocycles. The van der Waals surface area contributed by atoms with Gasteiger partial charge < -0.3 is 15.2 Å². The molecule has 7 heteroatoms. The number of para-hydroxylation sites is 1. The third-order valence-corrected chi connectivity index (χ3v) is 5.98. The maximum atomic E-state index is 10.00. The molecule has 2 aromatic carbocycles. The molecular formula is C21H16N4O2S. The lowest BCUT2D eigenvalue weighted by Crippen LogP contribution is -2.32. The fraction of sp³-hybridized carbons (Fsp3) is 0.143. The molecule has 0 unspecified atom stereocenters. The van der Waals surface area contributed by atoms with E-state index in [1.807, 2.05) is 30.3 Å². The number of nitrogens with zero attached hydrogens (tertiary/aromatic N) is 3. The van der Waals surface area contributed by atoms with Crippen LogP contribution in [0.4, 0.5) is 5.69 Å². The molecular weight excluding hydrogens is 372 g/mol. The van der Waals surface area contributed by atoms with Crippen molar-refractivity contribution < 1.29 is 9.47 Å². The first-order valence-corrected chi connectivity index (χ1v) is 9.29. The first-order valence-electron chi connectivity index (χ1n) is 8.47. The lowest BCUT2D eigenvalue weighted by atomic mass is 9.83. The minimum absolute atomic E-state index is 0.338. The molecule has 0 saturated heterocycles. The zero-order valence-electron chi connectivity index (χ0n) is 15.3. The molecule has 2 aromatic rings. The molecule has 28 heavy (non-hydrogen) atoms. The number of fused-ring (bicyclic) bond motifs is 3. The second kappa shape index (κ2) is 6.88. The lowest BCUT2D eigenvalue weighted by Gasteiger charge is -2.31. The molecule has 0 bridgehead atoms. The predicted molar refractivity (Wildman–Crippen MR) is 107 cm³/mol. The highest BCUT2D eigenvalue weighted by molar-refractivity contribution is 8.03. The summed E-state index contributed by atoms with van der Waals surface area (Å²) in [6.45, 7) is 0. The van der Waals surface area contributed by atoms with Gasteiger partial charge in [-0.25, -0.2) is 0 Å². The maximum Gasteiger partial charge on any atom is 0.161 e. The number of allylic oxidation sites excluding steroid dienone is 2. The summed E-state index contributed by atoms with van der Waals surface area (Å²) in [6.07, 6.45) is 0. The Morgan fingerprint density at radius 3 is 2.39 bits per heavy atom. The van der Waals surface area contributed by atoms with Crippen LogP contribution in [-0.2, 0) is 0 Å². The molecule has 0 saturated carbocycles. The molecule has 2 N–H and O–H groups in total. The van der Waals surface area contributed by atoms with Gasteiger partial charge in [-0.15, -0.1) is 0 Å². The summed E-state index contributed by atoms with van der Waals surface area (Å²) in [5.41, 5.74) is 8.88. The Kier molecular flexibility index (Phi) is 4.38. The number of thioether (sulfide) groups is 1. The summed E-state index contributed by atoms with van der Waals surface area (Å²) in [6, 6.07) is 17.7. The summed E-state index contributed by atoms with van der Waals surface area (Å²) in [4.78, 5) is 2.80. The second-order valence-corrected chi connectivity index (χ2v) is 7.22. The molecule has 138 valence electrons. The van der Waals surface area contributed by atoms with E-state index in [1.165, 1.54) is 11.8 Å². The van der Waals surface area contributed by atoms with Crippen molar-refractivity contribution in [2.45, 2.75) is 10.8 Å². The number of methoxy groups -OCH3 is 2. The van der Waals surface area contributed by atoms with Gasteiger partial charge in [0, 0.05) is 4.90 Å². The van der Waals surface area contributed by atoms with Crippen LogP contribution < -0.4 is 20.1 Å². The third kappa shape index (κ3) is 2.49. The Hall–Kier alpha value is -3.55. The number of anilines is 1. The number of benzene rings is 2. The van der Waals surface area contributed by atoms with Crippen molar-refractivity contribution in [3.05, 3.63) is 70.0 Å².